The van der Waals surface area contributed by atoms with Crippen LogP contribution in [-0.4, -0.2) is 55.2 Å². The highest BCUT2D eigenvalue weighted by atomic mass is 32.1. The van der Waals surface area contributed by atoms with E-state index in [1.54, 1.807) is 7.05 Å². The van der Waals surface area contributed by atoms with Gasteiger partial charge in [0, 0.05) is 19.8 Å². The normalized spacial score (nSPS) is 14.0. The van der Waals surface area contributed by atoms with Crippen molar-refractivity contribution in [2.24, 2.45) is 5.10 Å². The molecule has 0 spiro atoms. The molecule has 0 amide bonds. The highest BCUT2D eigenvalue weighted by Gasteiger charge is 2.19. The van der Waals surface area contributed by atoms with E-state index in [0.717, 1.165) is 0 Å². The lowest BCUT2D eigenvalue weighted by atomic mass is 10.4. The smallest absolute Gasteiger partial charge is 0.268 e. The lowest BCUT2D eigenvalue weighted by molar-refractivity contribution is -0.0358. The number of anilines is 2. The SMILES string of the molecule is C=NN(C)Oc1nc(N2CCOCC2)nc(N)c1S.CC. The van der Waals surface area contributed by atoms with Gasteiger partial charge in [-0.2, -0.15) is 15.1 Å². The minimum absolute atomic E-state index is 0.243. The van der Waals surface area contributed by atoms with E-state index in [1.807, 2.05) is 18.7 Å². The molecule has 1 aliphatic rings. The number of ether oxygens (including phenoxy) is 1. The Labute approximate surface area is 130 Å². The molecule has 0 atom stereocenters. The predicted octanol–water partition coefficient (Wildman–Crippen LogP) is 1.05. The number of aromatic nitrogens is 2. The topological polar surface area (TPSA) is 89.1 Å². The van der Waals surface area contributed by atoms with E-state index >= 15 is 0 Å². The largest absolute Gasteiger partial charge is 0.382 e. The molecule has 1 aromatic heterocycles. The van der Waals surface area contributed by atoms with E-state index in [4.69, 9.17) is 15.3 Å². The average molecular weight is 314 g/mol. The average Bonchev–Trinajstić information content (AvgIpc) is 2.54. The maximum atomic E-state index is 5.82. The Morgan fingerprint density at radius 1 is 1.38 bits per heavy atom. The molecule has 2 rings (SSSR count). The first-order valence-corrected chi connectivity index (χ1v) is 7.14. The quantitative estimate of drug-likeness (QED) is 0.488. The van der Waals surface area contributed by atoms with Gasteiger partial charge in [-0.15, -0.1) is 17.8 Å². The summed E-state index contributed by atoms with van der Waals surface area (Å²) in [5, 5.41) is 4.76. The molecule has 2 N–H and O–H groups in total. The molecular formula is C12H22N6O2S. The molecule has 0 aromatic carbocycles. The van der Waals surface area contributed by atoms with Crippen LogP contribution in [0.3, 0.4) is 0 Å². The second kappa shape index (κ2) is 8.53. The third-order valence-electron chi connectivity index (χ3n) is 2.58. The zero-order valence-electron chi connectivity index (χ0n) is 12.6. The van der Waals surface area contributed by atoms with Gasteiger partial charge in [0.2, 0.25) is 5.95 Å². The van der Waals surface area contributed by atoms with Crippen LogP contribution >= 0.6 is 12.6 Å². The molecule has 0 bridgehead atoms. The highest BCUT2D eigenvalue weighted by Crippen LogP contribution is 2.28. The first kappa shape index (κ1) is 17.3. The summed E-state index contributed by atoms with van der Waals surface area (Å²) in [7, 11) is 1.59. The van der Waals surface area contributed by atoms with Crippen LogP contribution in [0, 0.1) is 0 Å². The number of nitrogens with two attached hydrogens (primary N) is 1. The molecule has 0 aliphatic carbocycles. The van der Waals surface area contributed by atoms with Gasteiger partial charge in [0.05, 0.1) is 20.3 Å². The van der Waals surface area contributed by atoms with Crippen LogP contribution in [-0.2, 0) is 4.74 Å². The first-order valence-electron chi connectivity index (χ1n) is 6.69. The molecule has 21 heavy (non-hydrogen) atoms. The van der Waals surface area contributed by atoms with E-state index in [-0.39, 0.29) is 11.7 Å². The number of thiol groups is 1. The molecule has 1 saturated heterocycles. The third kappa shape index (κ3) is 4.64. The minimum atomic E-state index is 0.243. The highest BCUT2D eigenvalue weighted by molar-refractivity contribution is 7.80. The van der Waals surface area contributed by atoms with Crippen LogP contribution < -0.4 is 15.5 Å². The fourth-order valence-corrected chi connectivity index (χ4v) is 1.70. The zero-order valence-corrected chi connectivity index (χ0v) is 13.5. The molecule has 0 radical (unpaired) electrons. The lowest BCUT2D eigenvalue weighted by Gasteiger charge is -2.27. The zero-order chi connectivity index (χ0) is 15.8. The van der Waals surface area contributed by atoms with Crippen molar-refractivity contribution in [3.05, 3.63) is 0 Å². The number of hydrogen-bond donors (Lipinski definition) is 2. The monoisotopic (exact) mass is 314 g/mol. The van der Waals surface area contributed by atoms with Crippen molar-refractivity contribution in [1.82, 2.24) is 15.1 Å². The number of nitrogens with zero attached hydrogens (tertiary/aromatic N) is 5. The van der Waals surface area contributed by atoms with Gasteiger partial charge < -0.3 is 20.2 Å². The van der Waals surface area contributed by atoms with Crippen LogP contribution in [0.15, 0.2) is 10.00 Å². The number of hydrazone groups is 1. The van der Waals surface area contributed by atoms with Crippen molar-refractivity contribution in [3.8, 4) is 5.88 Å². The van der Waals surface area contributed by atoms with Gasteiger partial charge in [0.25, 0.3) is 5.88 Å². The summed E-state index contributed by atoms with van der Waals surface area (Å²) in [5.74, 6) is 0.991. The molecular weight excluding hydrogens is 292 g/mol. The number of nitrogen functional groups attached to an aromatic ring is 1. The van der Waals surface area contributed by atoms with Gasteiger partial charge >= 0.3 is 0 Å². The van der Waals surface area contributed by atoms with Crippen molar-refractivity contribution in [2.75, 3.05) is 44.0 Å². The number of rotatable bonds is 4. The summed E-state index contributed by atoms with van der Waals surface area (Å²) < 4.78 is 5.28. The summed E-state index contributed by atoms with van der Waals surface area (Å²) in [6, 6.07) is 0. The summed E-state index contributed by atoms with van der Waals surface area (Å²) >= 11 is 4.23. The van der Waals surface area contributed by atoms with Gasteiger partial charge in [-0.3, -0.25) is 0 Å². The van der Waals surface area contributed by atoms with Crippen molar-refractivity contribution >= 4 is 31.1 Å². The summed E-state index contributed by atoms with van der Waals surface area (Å²) in [5.41, 5.74) is 5.82. The van der Waals surface area contributed by atoms with Crippen LogP contribution in [0.1, 0.15) is 13.8 Å². The van der Waals surface area contributed by atoms with Crippen LogP contribution in [0.25, 0.3) is 0 Å². The third-order valence-corrected chi connectivity index (χ3v) is 3.00. The Morgan fingerprint density at radius 2 is 2.00 bits per heavy atom. The standard InChI is InChI=1S/C10H16N6O2S.C2H6/c1-12-15(2)18-9-7(19)8(11)13-10(14-9)16-3-5-17-6-4-16;1-2/h19H,1,3-6H2,2H3,(H2,11,13,14);1-2H3. The van der Waals surface area contributed by atoms with E-state index in [9.17, 15) is 0 Å². The van der Waals surface area contributed by atoms with E-state index in [2.05, 4.69) is 34.4 Å². The fourth-order valence-electron chi connectivity index (χ4n) is 1.56. The number of morpholine rings is 1. The van der Waals surface area contributed by atoms with Crippen LogP contribution in [0.5, 0.6) is 5.88 Å². The fraction of sp³-hybridized carbons (Fsp3) is 0.583. The van der Waals surface area contributed by atoms with Crippen LogP contribution in [0.2, 0.25) is 0 Å². The van der Waals surface area contributed by atoms with Gasteiger partial charge in [0.15, 0.2) is 0 Å². The second-order valence-corrected chi connectivity index (χ2v) is 4.31. The molecule has 0 unspecified atom stereocenters. The Morgan fingerprint density at radius 3 is 2.57 bits per heavy atom. The van der Waals surface area contributed by atoms with Gasteiger partial charge in [-0.05, 0) is 0 Å². The lowest BCUT2D eigenvalue weighted by Crippen LogP contribution is -2.37. The first-order chi connectivity index (χ1) is 10.1. The van der Waals surface area contributed by atoms with Crippen molar-refractivity contribution in [2.45, 2.75) is 18.7 Å². The summed E-state index contributed by atoms with van der Waals surface area (Å²) in [6.45, 7) is 10.0. The maximum Gasteiger partial charge on any atom is 0.268 e. The summed E-state index contributed by atoms with van der Waals surface area (Å²) in [4.78, 5) is 16.2. The van der Waals surface area contributed by atoms with Gasteiger partial charge in [-0.25, -0.2) is 0 Å². The van der Waals surface area contributed by atoms with Crippen molar-refractivity contribution in [1.29, 1.82) is 0 Å². The molecule has 0 saturated carbocycles. The van der Waals surface area contributed by atoms with Crippen molar-refractivity contribution < 1.29 is 9.57 Å². The molecule has 1 aromatic rings. The van der Waals surface area contributed by atoms with Gasteiger partial charge in [0.1, 0.15) is 10.7 Å². The van der Waals surface area contributed by atoms with E-state index in [1.165, 1.54) is 5.17 Å². The molecule has 118 valence electrons. The van der Waals surface area contributed by atoms with E-state index < -0.39 is 0 Å². The Hall–Kier alpha value is -1.74. The minimum Gasteiger partial charge on any atom is -0.382 e. The molecule has 2 heterocycles. The van der Waals surface area contributed by atoms with E-state index in [0.29, 0.717) is 37.1 Å². The van der Waals surface area contributed by atoms with Crippen LogP contribution in [0.4, 0.5) is 11.8 Å². The predicted molar refractivity (Wildman–Crippen MR) is 86.0 cm³/mol. The molecule has 1 aliphatic heterocycles. The maximum absolute atomic E-state index is 5.82. The van der Waals surface area contributed by atoms with Crippen molar-refractivity contribution in [3.63, 3.8) is 0 Å². The number of hydrogen-bond acceptors (Lipinski definition) is 9. The Balaban J connectivity index is 0.00000106. The Bertz CT molecular complexity index is 467. The molecule has 8 nitrogen and oxygen atoms in total. The number of hydroxylamine groups is 1. The summed E-state index contributed by atoms with van der Waals surface area (Å²) in [6.07, 6.45) is 0. The molecule has 1 fully saturated rings. The Kier molecular flexibility index (Phi) is 7.03. The van der Waals surface area contributed by atoms with Gasteiger partial charge in [-0.1, -0.05) is 13.8 Å². The molecule has 9 heteroatoms. The second-order valence-electron chi connectivity index (χ2n) is 3.86.